The van der Waals surface area contributed by atoms with Crippen LogP contribution in [0.15, 0.2) is 24.3 Å². The number of phenols is 1. The van der Waals surface area contributed by atoms with Gasteiger partial charge in [-0.05, 0) is 31.5 Å². The Hall–Kier alpha value is -1.59. The average Bonchev–Trinajstić information content (AvgIpc) is 2.46. The highest BCUT2D eigenvalue weighted by molar-refractivity contribution is 5.72. The summed E-state index contributed by atoms with van der Waals surface area (Å²) in [6.45, 7) is 7.05. The van der Waals surface area contributed by atoms with Crippen molar-refractivity contribution in [2.75, 3.05) is 26.2 Å². The van der Waals surface area contributed by atoms with Crippen molar-refractivity contribution in [3.05, 3.63) is 29.8 Å². The Morgan fingerprint density at radius 1 is 1.15 bits per heavy atom. The first-order valence-electron chi connectivity index (χ1n) is 6.99. The van der Waals surface area contributed by atoms with Crippen LogP contribution in [0.25, 0.3) is 0 Å². The van der Waals surface area contributed by atoms with E-state index in [2.05, 4.69) is 11.8 Å². The molecule has 20 heavy (non-hydrogen) atoms. The van der Waals surface area contributed by atoms with Gasteiger partial charge < -0.3 is 10.2 Å². The molecule has 1 aromatic carbocycles. The molecule has 0 aromatic heterocycles. The van der Waals surface area contributed by atoms with Crippen molar-refractivity contribution in [1.29, 1.82) is 0 Å². The lowest BCUT2D eigenvalue weighted by Crippen LogP contribution is -2.52. The van der Waals surface area contributed by atoms with Crippen molar-refractivity contribution in [1.82, 2.24) is 9.80 Å². The van der Waals surface area contributed by atoms with Crippen molar-refractivity contribution >= 4 is 5.97 Å². The quantitative estimate of drug-likeness (QED) is 0.875. The second kappa shape index (κ2) is 6.24. The second-order valence-corrected chi connectivity index (χ2v) is 5.36. The Morgan fingerprint density at radius 3 is 2.30 bits per heavy atom. The zero-order valence-electron chi connectivity index (χ0n) is 12.0. The largest absolute Gasteiger partial charge is 0.508 e. The summed E-state index contributed by atoms with van der Waals surface area (Å²) in [7, 11) is 0. The molecule has 1 aliphatic rings. The molecule has 0 aliphatic carbocycles. The number of hydrogen-bond donors (Lipinski definition) is 2. The third kappa shape index (κ3) is 3.29. The molecular weight excluding hydrogens is 256 g/mol. The molecule has 0 amide bonds. The Kier molecular flexibility index (Phi) is 4.62. The van der Waals surface area contributed by atoms with Crippen molar-refractivity contribution in [3.63, 3.8) is 0 Å². The number of hydrogen-bond acceptors (Lipinski definition) is 4. The standard InChI is InChI=1S/C15H22N2O3/c1-11(13-4-3-5-14(18)10-13)16-6-8-17(9-7-16)12(2)15(19)20/h3-5,10-12,18H,6-9H2,1-2H3,(H,19,20). The van der Waals surface area contributed by atoms with Gasteiger partial charge in [0.2, 0.25) is 0 Å². The number of piperazine rings is 1. The highest BCUT2D eigenvalue weighted by atomic mass is 16.4. The smallest absolute Gasteiger partial charge is 0.320 e. The van der Waals surface area contributed by atoms with E-state index in [0.29, 0.717) is 0 Å². The van der Waals surface area contributed by atoms with Crippen LogP contribution in [0.2, 0.25) is 0 Å². The van der Waals surface area contributed by atoms with Crippen molar-refractivity contribution in [2.24, 2.45) is 0 Å². The van der Waals surface area contributed by atoms with Crippen LogP contribution in [-0.4, -0.2) is 58.2 Å². The summed E-state index contributed by atoms with van der Waals surface area (Å²) in [5.41, 5.74) is 1.09. The van der Waals surface area contributed by atoms with Crippen molar-refractivity contribution in [2.45, 2.75) is 25.9 Å². The molecule has 2 N–H and O–H groups in total. The van der Waals surface area contributed by atoms with Gasteiger partial charge in [0.15, 0.2) is 0 Å². The summed E-state index contributed by atoms with van der Waals surface area (Å²) >= 11 is 0. The zero-order chi connectivity index (χ0) is 14.7. The SMILES string of the molecule is CC(C(=O)O)N1CCN(C(C)c2cccc(O)c2)CC1. The van der Waals surface area contributed by atoms with E-state index in [4.69, 9.17) is 5.11 Å². The molecule has 0 spiro atoms. The Balaban J connectivity index is 1.95. The number of nitrogens with zero attached hydrogens (tertiary/aromatic N) is 2. The Morgan fingerprint density at radius 2 is 1.75 bits per heavy atom. The summed E-state index contributed by atoms with van der Waals surface area (Å²) in [5, 5.41) is 18.6. The highest BCUT2D eigenvalue weighted by Gasteiger charge is 2.27. The summed E-state index contributed by atoms with van der Waals surface area (Å²) in [4.78, 5) is 15.3. The summed E-state index contributed by atoms with van der Waals surface area (Å²) in [6.07, 6.45) is 0. The van der Waals surface area contributed by atoms with Crippen LogP contribution in [0.3, 0.4) is 0 Å². The minimum Gasteiger partial charge on any atom is -0.508 e. The molecule has 0 radical (unpaired) electrons. The monoisotopic (exact) mass is 278 g/mol. The normalized spacial score (nSPS) is 20.5. The Bertz CT molecular complexity index is 470. The molecule has 2 rings (SSSR count). The van der Waals surface area contributed by atoms with Crippen LogP contribution in [0, 0.1) is 0 Å². The van der Waals surface area contributed by atoms with Crippen LogP contribution >= 0.6 is 0 Å². The predicted octanol–water partition coefficient (Wildman–Crippen LogP) is 1.54. The molecule has 110 valence electrons. The molecule has 0 saturated carbocycles. The van der Waals surface area contributed by atoms with Gasteiger partial charge in [-0.25, -0.2) is 0 Å². The molecule has 5 nitrogen and oxygen atoms in total. The molecule has 1 fully saturated rings. The van der Waals surface area contributed by atoms with E-state index in [0.717, 1.165) is 31.7 Å². The lowest BCUT2D eigenvalue weighted by atomic mass is 10.1. The highest BCUT2D eigenvalue weighted by Crippen LogP contribution is 2.24. The molecule has 5 heteroatoms. The van der Waals surface area contributed by atoms with Gasteiger partial charge in [-0.3, -0.25) is 14.6 Å². The molecule has 1 heterocycles. The number of benzene rings is 1. The maximum Gasteiger partial charge on any atom is 0.320 e. The fraction of sp³-hybridized carbons (Fsp3) is 0.533. The summed E-state index contributed by atoms with van der Waals surface area (Å²) in [6, 6.07) is 7.12. The van der Waals surface area contributed by atoms with E-state index in [-0.39, 0.29) is 11.8 Å². The molecule has 1 aliphatic heterocycles. The lowest BCUT2D eigenvalue weighted by molar-refractivity contribution is -0.143. The third-order valence-electron chi connectivity index (χ3n) is 4.15. The van der Waals surface area contributed by atoms with Crippen molar-refractivity contribution in [3.8, 4) is 5.75 Å². The maximum absolute atomic E-state index is 11.0. The molecule has 2 unspecified atom stereocenters. The first kappa shape index (κ1) is 14.8. The number of phenolic OH excluding ortho intramolecular Hbond substituents is 1. The fourth-order valence-electron chi connectivity index (χ4n) is 2.66. The Labute approximate surface area is 119 Å². The number of carboxylic acid groups (broad SMARTS) is 1. The first-order chi connectivity index (χ1) is 9.49. The first-order valence-corrected chi connectivity index (χ1v) is 6.99. The van der Waals surface area contributed by atoms with Gasteiger partial charge in [-0.15, -0.1) is 0 Å². The van der Waals surface area contributed by atoms with E-state index in [9.17, 15) is 9.90 Å². The average molecular weight is 278 g/mol. The van der Waals surface area contributed by atoms with Gasteiger partial charge in [0, 0.05) is 32.2 Å². The fourth-order valence-corrected chi connectivity index (χ4v) is 2.66. The van der Waals surface area contributed by atoms with Gasteiger partial charge in [-0.2, -0.15) is 0 Å². The van der Waals surface area contributed by atoms with Crippen LogP contribution in [0.5, 0.6) is 5.75 Å². The topological polar surface area (TPSA) is 64.0 Å². The van der Waals surface area contributed by atoms with E-state index < -0.39 is 12.0 Å². The van der Waals surface area contributed by atoms with Gasteiger partial charge in [0.25, 0.3) is 0 Å². The molecule has 2 atom stereocenters. The van der Waals surface area contributed by atoms with Crippen LogP contribution in [-0.2, 0) is 4.79 Å². The number of rotatable bonds is 4. The number of carboxylic acids is 1. The van der Waals surface area contributed by atoms with E-state index in [1.165, 1.54) is 0 Å². The number of aliphatic carboxylic acids is 1. The second-order valence-electron chi connectivity index (χ2n) is 5.36. The van der Waals surface area contributed by atoms with Gasteiger partial charge in [-0.1, -0.05) is 12.1 Å². The van der Waals surface area contributed by atoms with Crippen LogP contribution in [0.1, 0.15) is 25.5 Å². The molecular formula is C15H22N2O3. The van der Waals surface area contributed by atoms with Gasteiger partial charge >= 0.3 is 5.97 Å². The third-order valence-corrected chi connectivity index (χ3v) is 4.15. The van der Waals surface area contributed by atoms with E-state index in [1.54, 1.807) is 19.1 Å². The lowest BCUT2D eigenvalue weighted by Gasteiger charge is -2.39. The van der Waals surface area contributed by atoms with Crippen LogP contribution in [0.4, 0.5) is 0 Å². The number of carbonyl (C=O) groups is 1. The zero-order valence-corrected chi connectivity index (χ0v) is 12.0. The predicted molar refractivity (Wildman–Crippen MR) is 76.8 cm³/mol. The minimum absolute atomic E-state index is 0.226. The van der Waals surface area contributed by atoms with Crippen LogP contribution < -0.4 is 0 Å². The summed E-state index contributed by atoms with van der Waals surface area (Å²) in [5.74, 6) is -0.480. The number of aromatic hydroxyl groups is 1. The van der Waals surface area contributed by atoms with Gasteiger partial charge in [0.1, 0.15) is 11.8 Å². The summed E-state index contributed by atoms with van der Waals surface area (Å²) < 4.78 is 0. The van der Waals surface area contributed by atoms with Crippen molar-refractivity contribution < 1.29 is 15.0 Å². The maximum atomic E-state index is 11.0. The minimum atomic E-state index is -0.764. The van der Waals surface area contributed by atoms with E-state index in [1.807, 2.05) is 17.0 Å². The molecule has 1 aromatic rings. The molecule has 0 bridgehead atoms. The molecule has 1 saturated heterocycles. The van der Waals surface area contributed by atoms with E-state index >= 15 is 0 Å². The van der Waals surface area contributed by atoms with Gasteiger partial charge in [0.05, 0.1) is 0 Å².